The fourth-order valence-corrected chi connectivity index (χ4v) is 3.76. The van der Waals surface area contributed by atoms with Crippen LogP contribution in [0.1, 0.15) is 36.4 Å². The minimum absolute atomic E-state index is 0.0422. The van der Waals surface area contributed by atoms with Crippen LogP contribution >= 0.6 is 0 Å². The van der Waals surface area contributed by atoms with Crippen LogP contribution in [0.3, 0.4) is 0 Å². The standard InChI is InChI=1S/C21H28N2O3/c1-15-13-22(3)16(2)12-19(15)23(21(24)20-6-5-11-26-20)14-17-7-9-18(25-4)10-8-17/h5-11,15-16,19H,12-14H2,1-4H3/t15-,16+,19-/m0/s1. The normalized spacial score (nSPS) is 23.6. The summed E-state index contributed by atoms with van der Waals surface area (Å²) >= 11 is 0. The second kappa shape index (κ2) is 7.96. The maximum atomic E-state index is 13.2. The highest BCUT2D eigenvalue weighted by atomic mass is 16.5. The quantitative estimate of drug-likeness (QED) is 0.820. The summed E-state index contributed by atoms with van der Waals surface area (Å²) in [6.45, 7) is 6.00. The summed E-state index contributed by atoms with van der Waals surface area (Å²) in [5.74, 6) is 1.57. The van der Waals surface area contributed by atoms with Gasteiger partial charge in [-0.05, 0) is 56.1 Å². The van der Waals surface area contributed by atoms with Crippen molar-refractivity contribution in [2.75, 3.05) is 20.7 Å². The Hall–Kier alpha value is -2.27. The van der Waals surface area contributed by atoms with Gasteiger partial charge in [-0.25, -0.2) is 0 Å². The van der Waals surface area contributed by atoms with Crippen molar-refractivity contribution >= 4 is 5.91 Å². The Labute approximate surface area is 155 Å². The van der Waals surface area contributed by atoms with Crippen LogP contribution in [0, 0.1) is 5.92 Å². The van der Waals surface area contributed by atoms with Gasteiger partial charge in [-0.2, -0.15) is 0 Å². The first kappa shape index (κ1) is 18.5. The van der Waals surface area contributed by atoms with E-state index in [1.807, 2.05) is 29.2 Å². The molecule has 1 aliphatic heterocycles. The first-order valence-corrected chi connectivity index (χ1v) is 9.17. The number of piperidine rings is 1. The van der Waals surface area contributed by atoms with Gasteiger partial charge in [-0.15, -0.1) is 0 Å². The Morgan fingerprint density at radius 3 is 2.62 bits per heavy atom. The molecule has 2 aromatic rings. The molecule has 0 radical (unpaired) electrons. The van der Waals surface area contributed by atoms with E-state index in [1.54, 1.807) is 25.5 Å². The molecule has 1 aromatic heterocycles. The summed E-state index contributed by atoms with van der Waals surface area (Å²) in [6.07, 6.45) is 2.51. The molecule has 1 amide bonds. The summed E-state index contributed by atoms with van der Waals surface area (Å²) < 4.78 is 10.6. The zero-order valence-electron chi connectivity index (χ0n) is 16.0. The fraction of sp³-hybridized carbons (Fsp3) is 0.476. The SMILES string of the molecule is COc1ccc(CN(C(=O)c2ccco2)[C@H]2C[C@@H](C)N(C)C[C@@H]2C)cc1. The molecule has 1 aliphatic rings. The number of methoxy groups -OCH3 is 1. The van der Waals surface area contributed by atoms with Gasteiger partial charge in [0, 0.05) is 25.2 Å². The number of carbonyl (C=O) groups is 1. The van der Waals surface area contributed by atoms with Crippen molar-refractivity contribution in [3.05, 3.63) is 54.0 Å². The lowest BCUT2D eigenvalue weighted by molar-refractivity contribution is 0.0290. The first-order valence-electron chi connectivity index (χ1n) is 9.17. The zero-order chi connectivity index (χ0) is 18.7. The molecule has 0 bridgehead atoms. The third-order valence-electron chi connectivity index (χ3n) is 5.47. The third kappa shape index (κ3) is 3.93. The summed E-state index contributed by atoms with van der Waals surface area (Å²) in [5, 5.41) is 0. The van der Waals surface area contributed by atoms with E-state index < -0.39 is 0 Å². The van der Waals surface area contributed by atoms with E-state index in [0.29, 0.717) is 24.3 Å². The third-order valence-corrected chi connectivity index (χ3v) is 5.47. The molecule has 3 atom stereocenters. The second-order valence-corrected chi connectivity index (χ2v) is 7.33. The number of hydrogen-bond acceptors (Lipinski definition) is 4. The van der Waals surface area contributed by atoms with Crippen molar-refractivity contribution in [1.29, 1.82) is 0 Å². The highest BCUT2D eigenvalue weighted by Gasteiger charge is 2.36. The monoisotopic (exact) mass is 356 g/mol. The molecule has 1 fully saturated rings. The Kier molecular flexibility index (Phi) is 5.67. The highest BCUT2D eigenvalue weighted by molar-refractivity contribution is 5.91. The lowest BCUT2D eigenvalue weighted by atomic mass is 9.88. The molecule has 3 rings (SSSR count). The van der Waals surface area contributed by atoms with Crippen molar-refractivity contribution in [2.45, 2.75) is 38.9 Å². The maximum Gasteiger partial charge on any atom is 0.290 e. The van der Waals surface area contributed by atoms with Crippen LogP contribution in [-0.4, -0.2) is 48.5 Å². The number of nitrogens with zero attached hydrogens (tertiary/aromatic N) is 2. The summed E-state index contributed by atoms with van der Waals surface area (Å²) in [5.41, 5.74) is 1.09. The molecule has 5 heteroatoms. The molecule has 0 aliphatic carbocycles. The summed E-state index contributed by atoms with van der Waals surface area (Å²) in [6, 6.07) is 12.0. The summed E-state index contributed by atoms with van der Waals surface area (Å²) in [7, 11) is 3.81. The van der Waals surface area contributed by atoms with Crippen molar-refractivity contribution in [3.8, 4) is 5.75 Å². The lowest BCUT2D eigenvalue weighted by Gasteiger charge is -2.44. The highest BCUT2D eigenvalue weighted by Crippen LogP contribution is 2.28. The molecule has 1 aromatic carbocycles. The maximum absolute atomic E-state index is 13.2. The Morgan fingerprint density at radius 1 is 1.27 bits per heavy atom. The van der Waals surface area contributed by atoms with Crippen LogP contribution in [0.2, 0.25) is 0 Å². The molecule has 0 N–H and O–H groups in total. The number of rotatable bonds is 5. The van der Waals surface area contributed by atoms with E-state index in [4.69, 9.17) is 9.15 Å². The molecule has 0 saturated carbocycles. The molecule has 0 unspecified atom stereocenters. The molecule has 2 heterocycles. The van der Waals surface area contributed by atoms with Crippen LogP contribution in [0.4, 0.5) is 0 Å². The zero-order valence-corrected chi connectivity index (χ0v) is 16.0. The minimum Gasteiger partial charge on any atom is -0.497 e. The summed E-state index contributed by atoms with van der Waals surface area (Å²) in [4.78, 5) is 17.5. The Morgan fingerprint density at radius 2 is 2.00 bits per heavy atom. The molecule has 0 spiro atoms. The lowest BCUT2D eigenvalue weighted by Crippen LogP contribution is -2.53. The van der Waals surface area contributed by atoms with Crippen LogP contribution in [0.5, 0.6) is 5.75 Å². The van der Waals surface area contributed by atoms with E-state index in [9.17, 15) is 4.79 Å². The topological polar surface area (TPSA) is 45.9 Å². The van der Waals surface area contributed by atoms with Gasteiger partial charge in [0.15, 0.2) is 5.76 Å². The van der Waals surface area contributed by atoms with Crippen molar-refractivity contribution in [1.82, 2.24) is 9.80 Å². The van der Waals surface area contributed by atoms with Crippen molar-refractivity contribution in [2.24, 2.45) is 5.92 Å². The van der Waals surface area contributed by atoms with Crippen molar-refractivity contribution in [3.63, 3.8) is 0 Å². The predicted molar refractivity (Wildman–Crippen MR) is 101 cm³/mol. The van der Waals surface area contributed by atoms with Gasteiger partial charge in [0.25, 0.3) is 5.91 Å². The van der Waals surface area contributed by atoms with Gasteiger partial charge in [-0.3, -0.25) is 4.79 Å². The number of ether oxygens (including phenoxy) is 1. The smallest absolute Gasteiger partial charge is 0.290 e. The molecule has 1 saturated heterocycles. The van der Waals surface area contributed by atoms with E-state index in [2.05, 4.69) is 25.8 Å². The minimum atomic E-state index is -0.0422. The number of benzene rings is 1. The van der Waals surface area contributed by atoms with Crippen LogP contribution < -0.4 is 4.74 Å². The molecular formula is C21H28N2O3. The van der Waals surface area contributed by atoms with E-state index in [0.717, 1.165) is 24.3 Å². The Bertz CT molecular complexity index is 711. The first-order chi connectivity index (χ1) is 12.5. The van der Waals surface area contributed by atoms with Gasteiger partial charge in [-0.1, -0.05) is 19.1 Å². The fourth-order valence-electron chi connectivity index (χ4n) is 3.76. The molecule has 140 valence electrons. The van der Waals surface area contributed by atoms with Crippen LogP contribution in [0.15, 0.2) is 47.1 Å². The van der Waals surface area contributed by atoms with E-state index in [1.165, 1.54) is 0 Å². The average molecular weight is 356 g/mol. The predicted octanol–water partition coefficient (Wildman–Crippen LogP) is 3.66. The van der Waals surface area contributed by atoms with Gasteiger partial charge in [0.1, 0.15) is 5.75 Å². The number of furan rings is 1. The van der Waals surface area contributed by atoms with Gasteiger partial charge < -0.3 is 19.0 Å². The van der Waals surface area contributed by atoms with Crippen LogP contribution in [0.25, 0.3) is 0 Å². The second-order valence-electron chi connectivity index (χ2n) is 7.33. The number of likely N-dealkylation sites (tertiary alicyclic amines) is 1. The largest absolute Gasteiger partial charge is 0.497 e. The average Bonchev–Trinajstić information content (AvgIpc) is 3.18. The van der Waals surface area contributed by atoms with Crippen molar-refractivity contribution < 1.29 is 13.9 Å². The van der Waals surface area contributed by atoms with Gasteiger partial charge in [0.2, 0.25) is 0 Å². The number of amides is 1. The van der Waals surface area contributed by atoms with Gasteiger partial charge >= 0.3 is 0 Å². The van der Waals surface area contributed by atoms with E-state index >= 15 is 0 Å². The van der Waals surface area contributed by atoms with Gasteiger partial charge in [0.05, 0.1) is 13.4 Å². The van der Waals surface area contributed by atoms with E-state index in [-0.39, 0.29) is 11.9 Å². The van der Waals surface area contributed by atoms with Crippen LogP contribution in [-0.2, 0) is 6.54 Å². The molecular weight excluding hydrogens is 328 g/mol. The number of carbonyl (C=O) groups excluding carboxylic acids is 1. The molecule has 26 heavy (non-hydrogen) atoms. The Balaban J connectivity index is 1.87. The molecule has 5 nitrogen and oxygen atoms in total. The number of hydrogen-bond donors (Lipinski definition) is 0.